The molecule has 1 heterocycles. The third-order valence-corrected chi connectivity index (χ3v) is 2.91. The number of hydrogen-bond donors (Lipinski definition) is 1. The van der Waals surface area contributed by atoms with Gasteiger partial charge < -0.3 is 5.73 Å². The van der Waals surface area contributed by atoms with Crippen molar-refractivity contribution in [3.05, 3.63) is 45.6 Å². The largest absolute Gasteiger partial charge is 0.368 e. The molecule has 0 aliphatic rings. The Kier molecular flexibility index (Phi) is 3.34. The summed E-state index contributed by atoms with van der Waals surface area (Å²) in [5.74, 6) is 0.178. The quantitative estimate of drug-likeness (QED) is 0.900. The fourth-order valence-electron chi connectivity index (χ4n) is 1.75. The molecule has 0 fully saturated rings. The van der Waals surface area contributed by atoms with Crippen LogP contribution in [-0.4, -0.2) is 14.5 Å². The van der Waals surface area contributed by atoms with Gasteiger partial charge in [0.05, 0.1) is 10.7 Å². The summed E-state index contributed by atoms with van der Waals surface area (Å²) in [6.45, 7) is 4.05. The first-order chi connectivity index (χ1) is 8.50. The molecule has 18 heavy (non-hydrogen) atoms. The summed E-state index contributed by atoms with van der Waals surface area (Å²) < 4.78 is 1.31. The lowest BCUT2D eigenvalue weighted by molar-refractivity contribution is 0.810. The molecular weight excluding hydrogens is 252 g/mol. The molecule has 2 rings (SSSR count). The molecule has 0 aliphatic heterocycles. The molecule has 1 aromatic heterocycles. The third kappa shape index (κ3) is 2.22. The van der Waals surface area contributed by atoms with E-state index >= 15 is 0 Å². The average Bonchev–Trinajstić information content (AvgIpc) is 2.29. The van der Waals surface area contributed by atoms with Gasteiger partial charge in [-0.15, -0.1) is 0 Å². The normalized spacial score (nSPS) is 10.9. The second kappa shape index (κ2) is 4.78. The summed E-state index contributed by atoms with van der Waals surface area (Å²) in [5.41, 5.74) is 6.45. The van der Waals surface area contributed by atoms with Crippen LogP contribution in [0.2, 0.25) is 5.02 Å². The molecule has 0 unspecified atom stereocenters. The average molecular weight is 265 g/mol. The van der Waals surface area contributed by atoms with E-state index in [1.165, 1.54) is 10.9 Å². The second-order valence-electron chi connectivity index (χ2n) is 4.20. The summed E-state index contributed by atoms with van der Waals surface area (Å²) in [4.78, 5) is 19.3. The molecular formula is C12H13ClN4O. The van der Waals surface area contributed by atoms with Gasteiger partial charge in [-0.2, -0.15) is 4.98 Å². The highest BCUT2D eigenvalue weighted by Crippen LogP contribution is 2.28. The number of halogens is 1. The van der Waals surface area contributed by atoms with Crippen molar-refractivity contribution < 1.29 is 0 Å². The molecule has 0 saturated heterocycles. The first-order valence-corrected chi connectivity index (χ1v) is 5.88. The van der Waals surface area contributed by atoms with E-state index in [0.29, 0.717) is 10.7 Å². The predicted molar refractivity (Wildman–Crippen MR) is 71.1 cm³/mol. The molecule has 0 saturated carbocycles. The zero-order valence-corrected chi connectivity index (χ0v) is 10.8. The molecule has 5 nitrogen and oxygen atoms in total. The van der Waals surface area contributed by atoms with Crippen LogP contribution in [0.4, 0.5) is 5.95 Å². The van der Waals surface area contributed by atoms with Gasteiger partial charge in [0, 0.05) is 0 Å². The molecule has 0 atom stereocenters. The molecule has 0 aliphatic carbocycles. The van der Waals surface area contributed by atoms with E-state index in [9.17, 15) is 4.79 Å². The topological polar surface area (TPSA) is 73.8 Å². The first-order valence-electron chi connectivity index (χ1n) is 5.50. The Balaban J connectivity index is 2.74. The number of nitrogens with zero attached hydrogens (tertiary/aromatic N) is 3. The summed E-state index contributed by atoms with van der Waals surface area (Å²) in [6, 6.07) is 5.50. The van der Waals surface area contributed by atoms with Crippen LogP contribution in [0.25, 0.3) is 5.69 Å². The van der Waals surface area contributed by atoms with Gasteiger partial charge in [0.2, 0.25) is 5.95 Å². The van der Waals surface area contributed by atoms with Gasteiger partial charge in [0.15, 0.2) is 0 Å². The summed E-state index contributed by atoms with van der Waals surface area (Å²) >= 11 is 6.17. The number of nitrogens with two attached hydrogens (primary N) is 1. The molecule has 0 amide bonds. The SMILES string of the molecule is CC(C)c1cccc(Cl)c1-n1cnc(N)nc1=O. The highest BCUT2D eigenvalue weighted by Gasteiger charge is 2.14. The second-order valence-corrected chi connectivity index (χ2v) is 4.61. The minimum absolute atomic E-state index is 0.0469. The number of para-hydroxylation sites is 1. The molecule has 0 bridgehead atoms. The Hall–Kier alpha value is -1.88. The van der Waals surface area contributed by atoms with Crippen LogP contribution in [-0.2, 0) is 0 Å². The van der Waals surface area contributed by atoms with Crippen molar-refractivity contribution in [3.63, 3.8) is 0 Å². The van der Waals surface area contributed by atoms with E-state index in [4.69, 9.17) is 17.3 Å². The number of aromatic nitrogens is 3. The maximum Gasteiger partial charge on any atom is 0.356 e. The Morgan fingerprint density at radius 2 is 2.11 bits per heavy atom. The fraction of sp³-hybridized carbons (Fsp3) is 0.250. The van der Waals surface area contributed by atoms with Crippen LogP contribution in [0.1, 0.15) is 25.3 Å². The number of benzene rings is 1. The van der Waals surface area contributed by atoms with Crippen molar-refractivity contribution in [3.8, 4) is 5.69 Å². The standard InChI is InChI=1S/C12H13ClN4O/c1-7(2)8-4-3-5-9(13)10(8)17-6-15-11(14)16-12(17)18/h3-7H,1-2H3,(H2,14,16,18). The first kappa shape index (κ1) is 12.6. The van der Waals surface area contributed by atoms with E-state index in [1.807, 2.05) is 26.0 Å². The predicted octanol–water partition coefficient (Wildman–Crippen LogP) is 1.99. The molecule has 0 radical (unpaired) electrons. The van der Waals surface area contributed by atoms with Crippen LogP contribution < -0.4 is 11.4 Å². The Morgan fingerprint density at radius 1 is 1.39 bits per heavy atom. The molecule has 6 heteroatoms. The van der Waals surface area contributed by atoms with E-state index in [-0.39, 0.29) is 11.9 Å². The highest BCUT2D eigenvalue weighted by atomic mass is 35.5. The van der Waals surface area contributed by atoms with E-state index in [0.717, 1.165) is 5.56 Å². The Labute approximate surface area is 109 Å². The van der Waals surface area contributed by atoms with Crippen molar-refractivity contribution in [2.75, 3.05) is 5.73 Å². The molecule has 0 spiro atoms. The van der Waals surface area contributed by atoms with Gasteiger partial charge in [-0.25, -0.2) is 14.3 Å². The van der Waals surface area contributed by atoms with Crippen molar-refractivity contribution in [2.24, 2.45) is 0 Å². The summed E-state index contributed by atoms with van der Waals surface area (Å²) in [5, 5.41) is 0.483. The third-order valence-electron chi connectivity index (χ3n) is 2.60. The van der Waals surface area contributed by atoms with Gasteiger partial charge >= 0.3 is 5.69 Å². The van der Waals surface area contributed by atoms with E-state index in [1.54, 1.807) is 6.07 Å². The lowest BCUT2D eigenvalue weighted by atomic mass is 10.0. The lowest BCUT2D eigenvalue weighted by Crippen LogP contribution is -2.24. The van der Waals surface area contributed by atoms with Gasteiger partial charge in [-0.05, 0) is 17.5 Å². The molecule has 2 N–H and O–H groups in total. The van der Waals surface area contributed by atoms with Crippen molar-refractivity contribution >= 4 is 17.5 Å². The maximum atomic E-state index is 11.8. The number of hydrogen-bond acceptors (Lipinski definition) is 4. The van der Waals surface area contributed by atoms with Crippen LogP contribution in [0, 0.1) is 0 Å². The molecule has 2 aromatic rings. The van der Waals surface area contributed by atoms with Crippen molar-refractivity contribution in [2.45, 2.75) is 19.8 Å². The Bertz CT molecular complexity index is 636. The van der Waals surface area contributed by atoms with Crippen molar-refractivity contribution in [1.29, 1.82) is 0 Å². The van der Waals surface area contributed by atoms with Gasteiger partial charge in [-0.3, -0.25) is 0 Å². The van der Waals surface area contributed by atoms with Gasteiger partial charge in [0.1, 0.15) is 6.33 Å². The zero-order chi connectivity index (χ0) is 13.3. The van der Waals surface area contributed by atoms with E-state index < -0.39 is 5.69 Å². The monoisotopic (exact) mass is 264 g/mol. The smallest absolute Gasteiger partial charge is 0.356 e. The van der Waals surface area contributed by atoms with Gasteiger partial charge in [-0.1, -0.05) is 37.6 Å². The Morgan fingerprint density at radius 3 is 2.72 bits per heavy atom. The number of nitrogen functional groups attached to an aromatic ring is 1. The minimum Gasteiger partial charge on any atom is -0.368 e. The molecule has 1 aromatic carbocycles. The highest BCUT2D eigenvalue weighted by molar-refractivity contribution is 6.32. The van der Waals surface area contributed by atoms with Crippen LogP contribution in [0.15, 0.2) is 29.3 Å². The summed E-state index contributed by atoms with van der Waals surface area (Å²) in [7, 11) is 0. The number of anilines is 1. The minimum atomic E-state index is -0.488. The van der Waals surface area contributed by atoms with E-state index in [2.05, 4.69) is 9.97 Å². The maximum absolute atomic E-state index is 11.8. The summed E-state index contributed by atoms with van der Waals surface area (Å²) in [6.07, 6.45) is 1.34. The molecule has 94 valence electrons. The van der Waals surface area contributed by atoms with Crippen LogP contribution >= 0.6 is 11.6 Å². The zero-order valence-electron chi connectivity index (χ0n) is 10.1. The fourth-order valence-corrected chi connectivity index (χ4v) is 2.03. The van der Waals surface area contributed by atoms with Gasteiger partial charge in [0.25, 0.3) is 0 Å². The van der Waals surface area contributed by atoms with Crippen molar-refractivity contribution in [1.82, 2.24) is 14.5 Å². The lowest BCUT2D eigenvalue weighted by Gasteiger charge is -2.15. The number of rotatable bonds is 2. The van der Waals surface area contributed by atoms with Crippen LogP contribution in [0.3, 0.4) is 0 Å². The van der Waals surface area contributed by atoms with Crippen LogP contribution in [0.5, 0.6) is 0 Å².